The molecule has 1 aromatic carbocycles. The quantitative estimate of drug-likeness (QED) is 0.936. The number of nitrogens with one attached hydrogen (secondary N) is 1. The highest BCUT2D eigenvalue weighted by Gasteiger charge is 2.21. The number of nitrogens with zero attached hydrogens (tertiary/aromatic N) is 4. The van der Waals surface area contributed by atoms with E-state index in [0.717, 1.165) is 13.1 Å². The molecule has 1 aromatic heterocycles. The summed E-state index contributed by atoms with van der Waals surface area (Å²) in [4.78, 5) is 24.4. The molecular weight excluding hydrogens is 294 g/mol. The molecule has 120 valence electrons. The molecule has 0 bridgehead atoms. The van der Waals surface area contributed by atoms with Crippen LogP contribution in [0.4, 0.5) is 16.3 Å². The van der Waals surface area contributed by atoms with Crippen LogP contribution < -0.4 is 15.0 Å². The number of hydrogen-bond acceptors (Lipinski definition) is 5. The van der Waals surface area contributed by atoms with Crippen LogP contribution in [0.2, 0.25) is 0 Å². The minimum atomic E-state index is -0.154. The first kappa shape index (κ1) is 15.1. The normalized spacial score (nSPS) is 14.5. The standard InChI is InChI=1S/C16H19N5O2/c1-23-15-17-8-7-14(18-15)19-16(22)21-11-9-20(10-12-21)13-5-3-2-4-6-13/h2-8H,9-12H2,1H3,(H,17,18,19,22). The summed E-state index contributed by atoms with van der Waals surface area (Å²) in [6.07, 6.45) is 1.55. The molecule has 1 saturated heterocycles. The van der Waals surface area contributed by atoms with Gasteiger partial charge in [-0.25, -0.2) is 9.78 Å². The predicted molar refractivity (Wildman–Crippen MR) is 87.8 cm³/mol. The number of anilines is 2. The van der Waals surface area contributed by atoms with Crippen molar-refractivity contribution in [2.75, 3.05) is 43.5 Å². The molecule has 0 radical (unpaired) electrons. The molecule has 0 spiro atoms. The van der Waals surface area contributed by atoms with Crippen LogP contribution >= 0.6 is 0 Å². The number of benzene rings is 1. The van der Waals surface area contributed by atoms with Crippen LogP contribution in [0.1, 0.15) is 0 Å². The van der Waals surface area contributed by atoms with E-state index in [1.165, 1.54) is 12.8 Å². The molecule has 7 heteroatoms. The summed E-state index contributed by atoms with van der Waals surface area (Å²) in [5.74, 6) is 0.437. The zero-order chi connectivity index (χ0) is 16.1. The van der Waals surface area contributed by atoms with Crippen LogP contribution in [0.25, 0.3) is 0 Å². The van der Waals surface area contributed by atoms with Gasteiger partial charge in [0.2, 0.25) is 0 Å². The van der Waals surface area contributed by atoms with Crippen molar-refractivity contribution >= 4 is 17.5 Å². The highest BCUT2D eigenvalue weighted by atomic mass is 16.5. The van der Waals surface area contributed by atoms with Gasteiger partial charge < -0.3 is 14.5 Å². The van der Waals surface area contributed by atoms with Crippen LogP contribution in [-0.4, -0.2) is 54.2 Å². The van der Waals surface area contributed by atoms with Gasteiger partial charge in [-0.1, -0.05) is 18.2 Å². The molecule has 1 N–H and O–H groups in total. The second-order valence-electron chi connectivity index (χ2n) is 5.17. The molecule has 2 aromatic rings. The number of carbonyl (C=O) groups excluding carboxylic acids is 1. The summed E-state index contributed by atoms with van der Waals surface area (Å²) in [5.41, 5.74) is 1.19. The van der Waals surface area contributed by atoms with Crippen LogP contribution in [-0.2, 0) is 0 Å². The number of hydrogen-bond donors (Lipinski definition) is 1. The van der Waals surface area contributed by atoms with Gasteiger partial charge in [-0.15, -0.1) is 0 Å². The molecule has 1 aliphatic heterocycles. The third-order valence-corrected chi connectivity index (χ3v) is 3.74. The second-order valence-corrected chi connectivity index (χ2v) is 5.17. The fourth-order valence-electron chi connectivity index (χ4n) is 2.50. The van der Waals surface area contributed by atoms with Crippen molar-refractivity contribution in [3.8, 4) is 6.01 Å². The Bertz CT molecular complexity index is 657. The maximum Gasteiger partial charge on any atom is 0.323 e. The molecule has 1 aliphatic rings. The molecule has 0 unspecified atom stereocenters. The van der Waals surface area contributed by atoms with Crippen molar-refractivity contribution in [1.29, 1.82) is 0 Å². The summed E-state index contributed by atoms with van der Waals surface area (Å²) >= 11 is 0. The number of urea groups is 1. The number of methoxy groups -OCH3 is 1. The van der Waals surface area contributed by atoms with Crippen LogP contribution in [0.3, 0.4) is 0 Å². The van der Waals surface area contributed by atoms with Crippen molar-refractivity contribution in [2.45, 2.75) is 0 Å². The van der Waals surface area contributed by atoms with E-state index >= 15 is 0 Å². The molecule has 0 aliphatic carbocycles. The molecule has 2 amide bonds. The number of para-hydroxylation sites is 1. The van der Waals surface area contributed by atoms with E-state index in [9.17, 15) is 4.79 Å². The van der Waals surface area contributed by atoms with Gasteiger partial charge in [-0.3, -0.25) is 5.32 Å². The van der Waals surface area contributed by atoms with Gasteiger partial charge in [-0.2, -0.15) is 4.98 Å². The molecular formula is C16H19N5O2. The van der Waals surface area contributed by atoms with Crippen molar-refractivity contribution in [3.63, 3.8) is 0 Å². The Balaban J connectivity index is 1.56. The van der Waals surface area contributed by atoms with Gasteiger partial charge >= 0.3 is 12.0 Å². The fourth-order valence-corrected chi connectivity index (χ4v) is 2.50. The van der Waals surface area contributed by atoms with Gasteiger partial charge in [0, 0.05) is 38.1 Å². The Labute approximate surface area is 134 Å². The van der Waals surface area contributed by atoms with E-state index in [-0.39, 0.29) is 12.0 Å². The first-order valence-corrected chi connectivity index (χ1v) is 7.49. The maximum absolute atomic E-state index is 12.3. The van der Waals surface area contributed by atoms with Crippen molar-refractivity contribution in [2.24, 2.45) is 0 Å². The fraction of sp³-hybridized carbons (Fsp3) is 0.312. The van der Waals surface area contributed by atoms with Crippen molar-refractivity contribution in [1.82, 2.24) is 14.9 Å². The van der Waals surface area contributed by atoms with E-state index in [4.69, 9.17) is 4.74 Å². The van der Waals surface area contributed by atoms with Gasteiger partial charge in [-0.05, 0) is 18.2 Å². The van der Waals surface area contributed by atoms with Gasteiger partial charge in [0.05, 0.1) is 7.11 Å². The Morgan fingerprint density at radius 1 is 1.13 bits per heavy atom. The summed E-state index contributed by atoms with van der Waals surface area (Å²) in [5, 5.41) is 2.78. The summed E-state index contributed by atoms with van der Waals surface area (Å²) in [7, 11) is 1.49. The first-order chi connectivity index (χ1) is 11.3. The van der Waals surface area contributed by atoms with Crippen molar-refractivity contribution in [3.05, 3.63) is 42.6 Å². The summed E-state index contributed by atoms with van der Waals surface area (Å²) < 4.78 is 4.95. The Kier molecular flexibility index (Phi) is 4.56. The largest absolute Gasteiger partial charge is 0.467 e. The SMILES string of the molecule is COc1nccc(NC(=O)N2CCN(c3ccccc3)CC2)n1. The first-order valence-electron chi connectivity index (χ1n) is 7.49. The number of amides is 2. The number of carbonyl (C=O) groups is 1. The van der Waals surface area contributed by atoms with E-state index in [1.807, 2.05) is 18.2 Å². The zero-order valence-corrected chi connectivity index (χ0v) is 13.0. The average Bonchev–Trinajstić information content (AvgIpc) is 2.63. The number of aromatic nitrogens is 2. The lowest BCUT2D eigenvalue weighted by atomic mass is 10.2. The minimum absolute atomic E-state index is 0.154. The number of piperazine rings is 1. The van der Waals surface area contributed by atoms with Crippen molar-refractivity contribution < 1.29 is 9.53 Å². The molecule has 7 nitrogen and oxygen atoms in total. The highest BCUT2D eigenvalue weighted by molar-refractivity contribution is 5.88. The van der Waals surface area contributed by atoms with Crippen LogP contribution in [0.5, 0.6) is 6.01 Å². The van der Waals surface area contributed by atoms with E-state index in [2.05, 4.69) is 32.3 Å². The van der Waals surface area contributed by atoms with Gasteiger partial charge in [0.15, 0.2) is 0 Å². The van der Waals surface area contributed by atoms with Gasteiger partial charge in [0.25, 0.3) is 0 Å². The van der Waals surface area contributed by atoms with E-state index < -0.39 is 0 Å². The topological polar surface area (TPSA) is 70.6 Å². The lowest BCUT2D eigenvalue weighted by molar-refractivity contribution is 0.208. The van der Waals surface area contributed by atoms with Crippen LogP contribution in [0, 0.1) is 0 Å². The Hall–Kier alpha value is -2.83. The summed E-state index contributed by atoms with van der Waals surface area (Å²) in [6, 6.07) is 11.9. The second kappa shape index (κ2) is 6.95. The molecule has 1 fully saturated rings. The monoisotopic (exact) mass is 313 g/mol. The zero-order valence-electron chi connectivity index (χ0n) is 13.0. The Morgan fingerprint density at radius 2 is 1.87 bits per heavy atom. The van der Waals surface area contributed by atoms with Gasteiger partial charge in [0.1, 0.15) is 5.82 Å². The molecule has 0 saturated carbocycles. The number of ether oxygens (including phenoxy) is 1. The molecule has 3 rings (SSSR count). The maximum atomic E-state index is 12.3. The van der Waals surface area contributed by atoms with E-state index in [1.54, 1.807) is 17.2 Å². The smallest absolute Gasteiger partial charge is 0.323 e. The summed E-state index contributed by atoms with van der Waals surface area (Å²) in [6.45, 7) is 2.96. The lowest BCUT2D eigenvalue weighted by Gasteiger charge is -2.35. The number of rotatable bonds is 3. The highest BCUT2D eigenvalue weighted by Crippen LogP contribution is 2.16. The lowest BCUT2D eigenvalue weighted by Crippen LogP contribution is -2.50. The molecule has 0 atom stereocenters. The van der Waals surface area contributed by atoms with Crippen LogP contribution in [0.15, 0.2) is 42.6 Å². The Morgan fingerprint density at radius 3 is 2.57 bits per heavy atom. The predicted octanol–water partition coefficient (Wildman–Crippen LogP) is 1.84. The average molecular weight is 313 g/mol. The molecule has 23 heavy (non-hydrogen) atoms. The third kappa shape index (κ3) is 3.68. The third-order valence-electron chi connectivity index (χ3n) is 3.74. The van der Waals surface area contributed by atoms with E-state index in [0.29, 0.717) is 18.9 Å². The molecule has 2 heterocycles. The minimum Gasteiger partial charge on any atom is -0.467 e.